The molecular weight excluding hydrogens is 256 g/mol. The van der Waals surface area contributed by atoms with E-state index in [1.165, 1.54) is 0 Å². The number of hydrogen-bond donors (Lipinski definition) is 2. The van der Waals surface area contributed by atoms with Gasteiger partial charge in [-0.2, -0.15) is 0 Å². The standard InChI is InChI=1S/C15H28N2O3/c1-10(2)8-12(18)9-16-15(20)14(11(3)4)17-7-5-6-13(17)19/h10-12,14,18H,5-9H2,1-4H3,(H,16,20). The van der Waals surface area contributed by atoms with Crippen molar-refractivity contribution in [3.05, 3.63) is 0 Å². The Labute approximate surface area is 121 Å². The quantitative estimate of drug-likeness (QED) is 0.737. The molecule has 1 saturated heterocycles. The van der Waals surface area contributed by atoms with Crippen LogP contribution in [0, 0.1) is 11.8 Å². The van der Waals surface area contributed by atoms with Crippen molar-refractivity contribution in [1.29, 1.82) is 0 Å². The maximum atomic E-state index is 12.3. The Hall–Kier alpha value is -1.10. The van der Waals surface area contributed by atoms with Gasteiger partial charge in [-0.3, -0.25) is 9.59 Å². The molecule has 1 fully saturated rings. The molecule has 1 aliphatic rings. The maximum Gasteiger partial charge on any atom is 0.243 e. The average molecular weight is 284 g/mol. The van der Waals surface area contributed by atoms with E-state index in [0.717, 1.165) is 6.42 Å². The van der Waals surface area contributed by atoms with E-state index in [0.29, 0.717) is 25.3 Å². The van der Waals surface area contributed by atoms with Crippen molar-refractivity contribution in [3.8, 4) is 0 Å². The van der Waals surface area contributed by atoms with Crippen molar-refractivity contribution in [2.45, 2.75) is 59.1 Å². The van der Waals surface area contributed by atoms with Crippen molar-refractivity contribution in [1.82, 2.24) is 10.2 Å². The predicted octanol–water partition coefficient (Wildman–Crippen LogP) is 1.16. The van der Waals surface area contributed by atoms with Crippen LogP contribution in [0.15, 0.2) is 0 Å². The Morgan fingerprint density at radius 3 is 2.45 bits per heavy atom. The van der Waals surface area contributed by atoms with Gasteiger partial charge in [-0.15, -0.1) is 0 Å². The molecule has 2 N–H and O–H groups in total. The van der Waals surface area contributed by atoms with Gasteiger partial charge in [-0.25, -0.2) is 0 Å². The monoisotopic (exact) mass is 284 g/mol. The molecule has 2 unspecified atom stereocenters. The SMILES string of the molecule is CC(C)CC(O)CNC(=O)C(C(C)C)N1CCCC1=O. The molecule has 0 radical (unpaired) electrons. The smallest absolute Gasteiger partial charge is 0.243 e. The van der Waals surface area contributed by atoms with Crippen LogP contribution in [0.3, 0.4) is 0 Å². The number of hydrogen-bond acceptors (Lipinski definition) is 3. The Balaban J connectivity index is 2.55. The summed E-state index contributed by atoms with van der Waals surface area (Å²) in [7, 11) is 0. The molecule has 2 amide bonds. The van der Waals surface area contributed by atoms with Crippen LogP contribution in [0.2, 0.25) is 0 Å². The van der Waals surface area contributed by atoms with Crippen LogP contribution in [-0.2, 0) is 9.59 Å². The van der Waals surface area contributed by atoms with Crippen molar-refractivity contribution in [2.75, 3.05) is 13.1 Å². The Morgan fingerprint density at radius 1 is 1.35 bits per heavy atom. The third-order valence-electron chi connectivity index (χ3n) is 3.60. The van der Waals surface area contributed by atoms with Gasteiger partial charge >= 0.3 is 0 Å². The third kappa shape index (κ3) is 4.78. The second kappa shape index (κ2) is 7.62. The first-order chi connectivity index (χ1) is 9.32. The molecule has 5 heteroatoms. The second-order valence-electron chi connectivity index (χ2n) is 6.41. The first kappa shape index (κ1) is 17.0. The van der Waals surface area contributed by atoms with Crippen LogP contribution in [-0.4, -0.2) is 47.1 Å². The number of amides is 2. The Morgan fingerprint density at radius 2 is 2.00 bits per heavy atom. The van der Waals surface area contributed by atoms with E-state index >= 15 is 0 Å². The molecule has 0 saturated carbocycles. The number of rotatable bonds is 7. The Bertz CT molecular complexity index is 342. The van der Waals surface area contributed by atoms with Crippen LogP contribution in [0.5, 0.6) is 0 Å². The summed E-state index contributed by atoms with van der Waals surface area (Å²) in [6.45, 7) is 8.86. The highest BCUT2D eigenvalue weighted by atomic mass is 16.3. The predicted molar refractivity (Wildman–Crippen MR) is 78.0 cm³/mol. The molecule has 0 bridgehead atoms. The molecule has 20 heavy (non-hydrogen) atoms. The lowest BCUT2D eigenvalue weighted by molar-refractivity contribution is -0.139. The van der Waals surface area contributed by atoms with E-state index in [2.05, 4.69) is 5.32 Å². The molecule has 0 aromatic heterocycles. The molecule has 1 rings (SSSR count). The zero-order valence-electron chi connectivity index (χ0n) is 13.1. The van der Waals surface area contributed by atoms with Crippen LogP contribution in [0.4, 0.5) is 0 Å². The van der Waals surface area contributed by atoms with E-state index in [1.807, 2.05) is 27.7 Å². The average Bonchev–Trinajstić information content (AvgIpc) is 2.72. The van der Waals surface area contributed by atoms with E-state index in [4.69, 9.17) is 0 Å². The lowest BCUT2D eigenvalue weighted by atomic mass is 10.0. The molecule has 0 aromatic rings. The number of nitrogens with one attached hydrogen (secondary N) is 1. The van der Waals surface area contributed by atoms with Crippen LogP contribution >= 0.6 is 0 Å². The third-order valence-corrected chi connectivity index (χ3v) is 3.60. The van der Waals surface area contributed by atoms with Crippen LogP contribution in [0.25, 0.3) is 0 Å². The highest BCUT2D eigenvalue weighted by Gasteiger charge is 2.34. The molecular formula is C15H28N2O3. The van der Waals surface area contributed by atoms with Gasteiger partial charge in [-0.05, 0) is 24.7 Å². The molecule has 0 aliphatic carbocycles. The molecule has 0 aromatic carbocycles. The fourth-order valence-corrected chi connectivity index (χ4v) is 2.72. The van der Waals surface area contributed by atoms with Gasteiger partial charge < -0.3 is 15.3 Å². The summed E-state index contributed by atoms with van der Waals surface area (Å²) >= 11 is 0. The summed E-state index contributed by atoms with van der Waals surface area (Å²) in [5.41, 5.74) is 0. The van der Waals surface area contributed by atoms with Gasteiger partial charge in [-0.1, -0.05) is 27.7 Å². The van der Waals surface area contributed by atoms with E-state index < -0.39 is 12.1 Å². The van der Waals surface area contributed by atoms with Crippen molar-refractivity contribution in [3.63, 3.8) is 0 Å². The first-order valence-electron chi connectivity index (χ1n) is 7.58. The molecule has 116 valence electrons. The summed E-state index contributed by atoms with van der Waals surface area (Å²) in [6.07, 6.45) is 1.49. The number of likely N-dealkylation sites (tertiary alicyclic amines) is 1. The summed E-state index contributed by atoms with van der Waals surface area (Å²) in [6, 6.07) is -0.420. The van der Waals surface area contributed by atoms with Crippen molar-refractivity contribution < 1.29 is 14.7 Å². The number of carbonyl (C=O) groups is 2. The number of carbonyl (C=O) groups excluding carboxylic acids is 2. The highest BCUT2D eigenvalue weighted by Crippen LogP contribution is 2.19. The maximum absolute atomic E-state index is 12.3. The first-order valence-corrected chi connectivity index (χ1v) is 7.58. The number of nitrogens with zero attached hydrogens (tertiary/aromatic N) is 1. The van der Waals surface area contributed by atoms with E-state index in [9.17, 15) is 14.7 Å². The highest BCUT2D eigenvalue weighted by molar-refractivity contribution is 5.88. The lowest BCUT2D eigenvalue weighted by Gasteiger charge is -2.30. The summed E-state index contributed by atoms with van der Waals surface area (Å²) in [5.74, 6) is 0.363. The fraction of sp³-hybridized carbons (Fsp3) is 0.867. The minimum absolute atomic E-state index is 0.0570. The summed E-state index contributed by atoms with van der Waals surface area (Å²) in [4.78, 5) is 25.8. The number of aliphatic hydroxyl groups excluding tert-OH is 1. The molecule has 0 spiro atoms. The Kier molecular flexibility index (Phi) is 6.46. The van der Waals surface area contributed by atoms with Gasteiger partial charge in [0.2, 0.25) is 11.8 Å². The zero-order valence-corrected chi connectivity index (χ0v) is 13.1. The normalized spacial score (nSPS) is 18.8. The summed E-state index contributed by atoms with van der Waals surface area (Å²) in [5, 5.41) is 12.6. The zero-order chi connectivity index (χ0) is 15.3. The topological polar surface area (TPSA) is 69.6 Å². The van der Waals surface area contributed by atoms with Crippen molar-refractivity contribution in [2.24, 2.45) is 11.8 Å². The molecule has 5 nitrogen and oxygen atoms in total. The number of aliphatic hydroxyl groups is 1. The van der Waals surface area contributed by atoms with E-state index in [1.54, 1.807) is 4.90 Å². The molecule has 1 heterocycles. The minimum atomic E-state index is -0.527. The van der Waals surface area contributed by atoms with Crippen molar-refractivity contribution >= 4 is 11.8 Å². The second-order valence-corrected chi connectivity index (χ2v) is 6.41. The minimum Gasteiger partial charge on any atom is -0.391 e. The van der Waals surface area contributed by atoms with Gasteiger partial charge in [0, 0.05) is 19.5 Å². The largest absolute Gasteiger partial charge is 0.391 e. The van der Waals surface area contributed by atoms with Gasteiger partial charge in [0.05, 0.1) is 6.10 Å². The van der Waals surface area contributed by atoms with Gasteiger partial charge in [0.1, 0.15) is 6.04 Å². The van der Waals surface area contributed by atoms with Crippen LogP contribution < -0.4 is 5.32 Å². The molecule has 1 aliphatic heterocycles. The van der Waals surface area contributed by atoms with Gasteiger partial charge in [0.25, 0.3) is 0 Å². The lowest BCUT2D eigenvalue weighted by Crippen LogP contribution is -2.51. The van der Waals surface area contributed by atoms with Gasteiger partial charge in [0.15, 0.2) is 0 Å². The summed E-state index contributed by atoms with van der Waals surface area (Å²) < 4.78 is 0. The fourth-order valence-electron chi connectivity index (χ4n) is 2.72. The van der Waals surface area contributed by atoms with Crippen LogP contribution in [0.1, 0.15) is 47.0 Å². The molecule has 2 atom stereocenters. The van der Waals surface area contributed by atoms with E-state index in [-0.39, 0.29) is 24.3 Å².